The van der Waals surface area contributed by atoms with Crippen molar-refractivity contribution in [3.8, 4) is 0 Å². The van der Waals surface area contributed by atoms with Gasteiger partial charge in [0.25, 0.3) is 0 Å². The average molecular weight is 409 g/mol. The number of imidazole rings is 1. The summed E-state index contributed by atoms with van der Waals surface area (Å²) < 4.78 is 2.37. The molecule has 0 bridgehead atoms. The van der Waals surface area contributed by atoms with Crippen LogP contribution in [-0.4, -0.2) is 21.3 Å². The highest BCUT2D eigenvalue weighted by Gasteiger charge is 2.29. The Hall–Kier alpha value is -1.87. The van der Waals surface area contributed by atoms with Crippen molar-refractivity contribution in [2.24, 2.45) is 5.92 Å². The molecule has 0 saturated heterocycles. The molecule has 1 aliphatic heterocycles. The summed E-state index contributed by atoms with van der Waals surface area (Å²) in [5, 5.41) is 9.53. The molecule has 0 radical (unpaired) electrons. The lowest BCUT2D eigenvalue weighted by Crippen LogP contribution is -2.09. The van der Waals surface area contributed by atoms with E-state index in [9.17, 15) is 5.11 Å². The van der Waals surface area contributed by atoms with E-state index in [1.54, 1.807) is 0 Å². The zero-order valence-electron chi connectivity index (χ0n) is 19.0. The summed E-state index contributed by atoms with van der Waals surface area (Å²) in [5.41, 5.74) is 5.42. The zero-order valence-corrected chi connectivity index (χ0v) is 19.0. The molecule has 0 spiro atoms. The van der Waals surface area contributed by atoms with Crippen LogP contribution in [0.3, 0.4) is 0 Å². The highest BCUT2D eigenvalue weighted by molar-refractivity contribution is 5.93. The van der Waals surface area contributed by atoms with Gasteiger partial charge >= 0.3 is 0 Å². The Morgan fingerprint density at radius 1 is 0.967 bits per heavy atom. The molecule has 2 aromatic rings. The third kappa shape index (κ3) is 5.85. The molecule has 0 fully saturated rings. The number of nitrogens with zero attached hydrogens (tertiary/aromatic N) is 2. The SMILES string of the molecule is CCCCCCCCC(CCO)CCCC1C(c2ccccc2)=C(C)c2cncn21. The summed E-state index contributed by atoms with van der Waals surface area (Å²) in [5.74, 6) is 0.662. The van der Waals surface area contributed by atoms with Crippen LogP contribution in [0.1, 0.15) is 102 Å². The molecule has 30 heavy (non-hydrogen) atoms. The van der Waals surface area contributed by atoms with E-state index in [0.29, 0.717) is 18.6 Å². The summed E-state index contributed by atoms with van der Waals surface area (Å²) in [7, 11) is 0. The van der Waals surface area contributed by atoms with Crippen molar-refractivity contribution in [2.45, 2.75) is 90.5 Å². The third-order valence-electron chi connectivity index (χ3n) is 6.80. The highest BCUT2D eigenvalue weighted by atomic mass is 16.3. The minimum atomic E-state index is 0.323. The summed E-state index contributed by atoms with van der Waals surface area (Å²) in [6.07, 6.45) is 17.9. The maximum Gasteiger partial charge on any atom is 0.0956 e. The van der Waals surface area contributed by atoms with Gasteiger partial charge in [0, 0.05) is 6.61 Å². The van der Waals surface area contributed by atoms with Gasteiger partial charge in [0.1, 0.15) is 0 Å². The first kappa shape index (κ1) is 22.8. The number of aliphatic hydroxyl groups excluding tert-OH is 1. The molecular weight excluding hydrogens is 368 g/mol. The molecule has 2 atom stereocenters. The number of allylic oxidation sites excluding steroid dienone is 2. The van der Waals surface area contributed by atoms with E-state index >= 15 is 0 Å². The van der Waals surface area contributed by atoms with Crippen molar-refractivity contribution >= 4 is 11.1 Å². The number of fused-ring (bicyclic) bond motifs is 1. The average Bonchev–Trinajstić information content (AvgIpc) is 3.34. The smallest absolute Gasteiger partial charge is 0.0956 e. The zero-order chi connectivity index (χ0) is 21.2. The molecule has 1 aromatic carbocycles. The molecule has 0 aliphatic carbocycles. The first-order valence-electron chi connectivity index (χ1n) is 12.2. The maximum absolute atomic E-state index is 9.53. The van der Waals surface area contributed by atoms with Crippen molar-refractivity contribution < 1.29 is 5.11 Å². The minimum absolute atomic E-state index is 0.323. The number of benzene rings is 1. The Kier molecular flexibility index (Phi) is 9.20. The minimum Gasteiger partial charge on any atom is -0.396 e. The van der Waals surface area contributed by atoms with Crippen LogP contribution in [-0.2, 0) is 0 Å². The first-order chi connectivity index (χ1) is 14.8. The second kappa shape index (κ2) is 12.1. The van der Waals surface area contributed by atoms with Gasteiger partial charge in [-0.05, 0) is 42.4 Å². The molecule has 164 valence electrons. The van der Waals surface area contributed by atoms with Crippen LogP contribution in [0.5, 0.6) is 0 Å². The lowest BCUT2D eigenvalue weighted by molar-refractivity contribution is 0.240. The van der Waals surface area contributed by atoms with Gasteiger partial charge in [0.15, 0.2) is 0 Å². The van der Waals surface area contributed by atoms with Gasteiger partial charge in [-0.1, -0.05) is 95.0 Å². The monoisotopic (exact) mass is 408 g/mol. The number of hydrogen-bond acceptors (Lipinski definition) is 2. The van der Waals surface area contributed by atoms with Crippen LogP contribution in [0.15, 0.2) is 42.9 Å². The van der Waals surface area contributed by atoms with Crippen LogP contribution < -0.4 is 0 Å². The molecule has 2 heterocycles. The van der Waals surface area contributed by atoms with Crippen molar-refractivity contribution in [1.29, 1.82) is 0 Å². The number of aliphatic hydroxyl groups is 1. The summed E-state index contributed by atoms with van der Waals surface area (Å²) in [4.78, 5) is 4.41. The molecule has 0 saturated carbocycles. The van der Waals surface area contributed by atoms with E-state index < -0.39 is 0 Å². The Bertz CT molecular complexity index is 777. The topological polar surface area (TPSA) is 38.1 Å². The molecule has 3 rings (SSSR count). The van der Waals surface area contributed by atoms with Crippen LogP contribution in [0.4, 0.5) is 0 Å². The lowest BCUT2D eigenvalue weighted by Gasteiger charge is -2.21. The van der Waals surface area contributed by atoms with Crippen molar-refractivity contribution in [3.63, 3.8) is 0 Å². The van der Waals surface area contributed by atoms with E-state index in [1.807, 2.05) is 12.5 Å². The van der Waals surface area contributed by atoms with Gasteiger partial charge in [0.05, 0.1) is 24.3 Å². The van der Waals surface area contributed by atoms with Gasteiger partial charge in [-0.3, -0.25) is 0 Å². The van der Waals surface area contributed by atoms with Gasteiger partial charge in [-0.2, -0.15) is 0 Å². The van der Waals surface area contributed by atoms with Crippen LogP contribution in [0.2, 0.25) is 0 Å². The Morgan fingerprint density at radius 3 is 2.47 bits per heavy atom. The van der Waals surface area contributed by atoms with E-state index in [1.165, 1.54) is 80.2 Å². The summed E-state index contributed by atoms with van der Waals surface area (Å²) in [6.45, 7) is 4.83. The lowest BCUT2D eigenvalue weighted by atomic mass is 9.89. The van der Waals surface area contributed by atoms with Crippen molar-refractivity contribution in [2.75, 3.05) is 6.61 Å². The third-order valence-corrected chi connectivity index (χ3v) is 6.80. The predicted octanol–water partition coefficient (Wildman–Crippen LogP) is 7.29. The second-order valence-electron chi connectivity index (χ2n) is 8.97. The predicted molar refractivity (Wildman–Crippen MR) is 127 cm³/mol. The van der Waals surface area contributed by atoms with E-state index in [0.717, 1.165) is 12.8 Å². The molecular formula is C27H40N2O. The van der Waals surface area contributed by atoms with Gasteiger partial charge < -0.3 is 9.67 Å². The molecule has 1 aliphatic rings. The summed E-state index contributed by atoms with van der Waals surface area (Å²) in [6, 6.07) is 11.2. The second-order valence-corrected chi connectivity index (χ2v) is 8.97. The summed E-state index contributed by atoms with van der Waals surface area (Å²) >= 11 is 0. The highest BCUT2D eigenvalue weighted by Crippen LogP contribution is 2.44. The standard InChI is InChI=1S/C27H40N2O/c1-3-4-5-6-7-9-13-23(18-19-30)14-12-17-25-27(24-15-10-8-11-16-24)22(2)26-20-28-21-29(25)26/h8,10-11,15-16,20-21,23,25,30H,3-7,9,12-14,17-19H2,1-2H3. The fraction of sp³-hybridized carbons (Fsp3) is 0.593. The van der Waals surface area contributed by atoms with E-state index in [-0.39, 0.29) is 0 Å². The number of aromatic nitrogens is 2. The molecule has 3 nitrogen and oxygen atoms in total. The Balaban J connectivity index is 1.55. The molecule has 3 heteroatoms. The number of hydrogen-bond donors (Lipinski definition) is 1. The van der Waals surface area contributed by atoms with Crippen LogP contribution in [0.25, 0.3) is 11.1 Å². The normalized spacial score (nSPS) is 16.8. The molecule has 2 unspecified atom stereocenters. The van der Waals surface area contributed by atoms with Crippen molar-refractivity contribution in [3.05, 3.63) is 54.1 Å². The van der Waals surface area contributed by atoms with Crippen molar-refractivity contribution in [1.82, 2.24) is 9.55 Å². The first-order valence-corrected chi connectivity index (χ1v) is 12.2. The van der Waals surface area contributed by atoms with Gasteiger partial charge in [-0.15, -0.1) is 0 Å². The number of rotatable bonds is 14. The Labute approximate surface area is 183 Å². The van der Waals surface area contributed by atoms with Crippen LogP contribution in [0, 0.1) is 5.92 Å². The fourth-order valence-electron chi connectivity index (χ4n) is 5.11. The van der Waals surface area contributed by atoms with Crippen LogP contribution >= 0.6 is 0 Å². The molecule has 1 aromatic heterocycles. The van der Waals surface area contributed by atoms with E-state index in [2.05, 4.69) is 53.7 Å². The quantitative estimate of drug-likeness (QED) is 0.333. The number of unbranched alkanes of at least 4 members (excludes halogenated alkanes) is 5. The molecule has 1 N–H and O–H groups in total. The molecule has 0 amide bonds. The maximum atomic E-state index is 9.53. The van der Waals surface area contributed by atoms with Gasteiger partial charge in [-0.25, -0.2) is 4.98 Å². The van der Waals surface area contributed by atoms with E-state index in [4.69, 9.17) is 0 Å². The largest absolute Gasteiger partial charge is 0.396 e. The van der Waals surface area contributed by atoms with Gasteiger partial charge in [0.2, 0.25) is 0 Å². The Morgan fingerprint density at radius 2 is 1.70 bits per heavy atom. The fourth-order valence-corrected chi connectivity index (χ4v) is 5.11.